The van der Waals surface area contributed by atoms with Gasteiger partial charge in [0, 0.05) is 6.04 Å². The predicted octanol–water partition coefficient (Wildman–Crippen LogP) is 0.439. The molecule has 2 amide bonds. The second-order valence-corrected chi connectivity index (χ2v) is 5.16. The molecule has 5 nitrogen and oxygen atoms in total. The number of carbonyl (C=O) groups is 2. The maximum absolute atomic E-state index is 11.8. The third-order valence-electron chi connectivity index (χ3n) is 2.71. The van der Waals surface area contributed by atoms with Crippen molar-refractivity contribution < 1.29 is 14.3 Å². The Balaban J connectivity index is 2.67. The lowest BCUT2D eigenvalue weighted by Gasteiger charge is -2.36. The monoisotopic (exact) mass is 242 g/mol. The van der Waals surface area contributed by atoms with Crippen LogP contribution in [0.4, 0.5) is 0 Å². The van der Waals surface area contributed by atoms with Gasteiger partial charge >= 0.3 is 0 Å². The zero-order valence-corrected chi connectivity index (χ0v) is 11.1. The number of rotatable bonds is 3. The van der Waals surface area contributed by atoms with Crippen LogP contribution in [0, 0.1) is 5.92 Å². The van der Waals surface area contributed by atoms with Gasteiger partial charge in [0.15, 0.2) is 0 Å². The van der Waals surface area contributed by atoms with E-state index in [1.165, 1.54) is 0 Å². The Kier molecular flexibility index (Phi) is 4.51. The second kappa shape index (κ2) is 5.49. The molecule has 5 heteroatoms. The van der Waals surface area contributed by atoms with E-state index in [0.717, 1.165) is 0 Å². The molecule has 0 saturated carbocycles. The van der Waals surface area contributed by atoms with Crippen molar-refractivity contribution in [3.63, 3.8) is 0 Å². The fraction of sp³-hybridized carbons (Fsp3) is 0.833. The minimum absolute atomic E-state index is 0.0504. The fourth-order valence-electron chi connectivity index (χ4n) is 1.84. The summed E-state index contributed by atoms with van der Waals surface area (Å²) in [4.78, 5) is 23.6. The van der Waals surface area contributed by atoms with Crippen LogP contribution in [0.1, 0.15) is 34.6 Å². The molecular formula is C12H22N2O3. The maximum Gasteiger partial charge on any atom is 0.250 e. The van der Waals surface area contributed by atoms with Crippen LogP contribution in [0.15, 0.2) is 0 Å². The Bertz CT molecular complexity index is 302. The average Bonchev–Trinajstić information content (AvgIpc) is 2.19. The van der Waals surface area contributed by atoms with Gasteiger partial charge in [-0.1, -0.05) is 13.8 Å². The second-order valence-electron chi connectivity index (χ2n) is 5.16. The van der Waals surface area contributed by atoms with Gasteiger partial charge in [0.25, 0.3) is 0 Å². The summed E-state index contributed by atoms with van der Waals surface area (Å²) >= 11 is 0. The predicted molar refractivity (Wildman–Crippen MR) is 64.4 cm³/mol. The minimum atomic E-state index is -0.597. The Morgan fingerprint density at radius 3 is 2.41 bits per heavy atom. The number of carbonyl (C=O) groups excluding carboxylic acids is 2. The highest BCUT2D eigenvalue weighted by atomic mass is 16.5. The number of ether oxygens (including phenoxy) is 1. The molecule has 17 heavy (non-hydrogen) atoms. The molecule has 0 spiro atoms. The van der Waals surface area contributed by atoms with Crippen molar-refractivity contribution in [2.45, 2.75) is 58.9 Å². The summed E-state index contributed by atoms with van der Waals surface area (Å²) in [6.07, 6.45) is -0.771. The van der Waals surface area contributed by atoms with Gasteiger partial charge in [0.1, 0.15) is 12.1 Å². The molecule has 1 heterocycles. The highest BCUT2D eigenvalue weighted by molar-refractivity contribution is 5.91. The maximum atomic E-state index is 11.8. The van der Waals surface area contributed by atoms with Crippen LogP contribution in [0.3, 0.4) is 0 Å². The largest absolute Gasteiger partial charge is 0.362 e. The van der Waals surface area contributed by atoms with Gasteiger partial charge in [-0.15, -0.1) is 0 Å². The first-order chi connectivity index (χ1) is 7.82. The van der Waals surface area contributed by atoms with E-state index in [0.29, 0.717) is 0 Å². The summed E-state index contributed by atoms with van der Waals surface area (Å²) in [6, 6.07) is -0.547. The van der Waals surface area contributed by atoms with Crippen LogP contribution < -0.4 is 10.6 Å². The van der Waals surface area contributed by atoms with Crippen LogP contribution in [-0.2, 0) is 14.3 Å². The summed E-state index contributed by atoms with van der Waals surface area (Å²) in [6.45, 7) is 9.41. The number of hydrogen-bond acceptors (Lipinski definition) is 3. The molecule has 0 aromatic rings. The Morgan fingerprint density at radius 1 is 1.35 bits per heavy atom. The molecule has 3 atom stereocenters. The number of morpholine rings is 1. The molecule has 0 bridgehead atoms. The van der Waals surface area contributed by atoms with E-state index in [-0.39, 0.29) is 29.9 Å². The SMILES string of the molecule is CC(C)NC(=O)[C@H]1NC(=O)[C@@H](C(C)C)OC1C. The summed E-state index contributed by atoms with van der Waals surface area (Å²) in [5.74, 6) is -0.295. The molecule has 0 aromatic heterocycles. The first-order valence-corrected chi connectivity index (χ1v) is 6.09. The Hall–Kier alpha value is -1.10. The fourth-order valence-corrected chi connectivity index (χ4v) is 1.84. The van der Waals surface area contributed by atoms with Gasteiger partial charge < -0.3 is 15.4 Å². The average molecular weight is 242 g/mol. The third-order valence-corrected chi connectivity index (χ3v) is 2.71. The van der Waals surface area contributed by atoms with Crippen molar-refractivity contribution >= 4 is 11.8 Å². The van der Waals surface area contributed by atoms with Crippen molar-refractivity contribution in [1.29, 1.82) is 0 Å². The van der Waals surface area contributed by atoms with Crippen LogP contribution in [0.5, 0.6) is 0 Å². The van der Waals surface area contributed by atoms with E-state index in [9.17, 15) is 9.59 Å². The molecule has 1 aliphatic heterocycles. The molecule has 0 aliphatic carbocycles. The first kappa shape index (κ1) is 14.0. The molecule has 2 N–H and O–H groups in total. The van der Waals surface area contributed by atoms with Crippen molar-refractivity contribution in [3.05, 3.63) is 0 Å². The Labute approximate surface area is 102 Å². The van der Waals surface area contributed by atoms with Gasteiger partial charge in [-0.25, -0.2) is 0 Å². The van der Waals surface area contributed by atoms with E-state index in [2.05, 4.69) is 10.6 Å². The van der Waals surface area contributed by atoms with E-state index in [1.807, 2.05) is 27.7 Å². The summed E-state index contributed by atoms with van der Waals surface area (Å²) in [5.41, 5.74) is 0. The number of amides is 2. The normalized spacial score (nSPS) is 29.4. The summed E-state index contributed by atoms with van der Waals surface area (Å²) in [7, 11) is 0. The zero-order chi connectivity index (χ0) is 13.2. The van der Waals surface area contributed by atoms with Gasteiger partial charge in [0.05, 0.1) is 6.10 Å². The lowest BCUT2D eigenvalue weighted by Crippen LogP contribution is -2.62. The highest BCUT2D eigenvalue weighted by Crippen LogP contribution is 2.17. The molecule has 1 aliphatic rings. The molecule has 1 unspecified atom stereocenters. The smallest absolute Gasteiger partial charge is 0.250 e. The van der Waals surface area contributed by atoms with Crippen molar-refractivity contribution in [2.24, 2.45) is 5.92 Å². The molecule has 1 rings (SSSR count). The number of hydrogen-bond donors (Lipinski definition) is 2. The number of nitrogens with one attached hydrogen (secondary N) is 2. The van der Waals surface area contributed by atoms with Crippen molar-refractivity contribution in [1.82, 2.24) is 10.6 Å². The minimum Gasteiger partial charge on any atom is -0.362 e. The third kappa shape index (κ3) is 3.43. The first-order valence-electron chi connectivity index (χ1n) is 6.09. The van der Waals surface area contributed by atoms with E-state index in [1.54, 1.807) is 6.92 Å². The molecular weight excluding hydrogens is 220 g/mol. The van der Waals surface area contributed by atoms with Gasteiger partial charge in [-0.3, -0.25) is 9.59 Å². The van der Waals surface area contributed by atoms with Crippen molar-refractivity contribution in [2.75, 3.05) is 0 Å². The molecule has 98 valence electrons. The van der Waals surface area contributed by atoms with Gasteiger partial charge in [0.2, 0.25) is 11.8 Å². The molecule has 0 aromatic carbocycles. The van der Waals surface area contributed by atoms with E-state index < -0.39 is 12.1 Å². The van der Waals surface area contributed by atoms with E-state index >= 15 is 0 Å². The van der Waals surface area contributed by atoms with Gasteiger partial charge in [-0.05, 0) is 26.7 Å². The van der Waals surface area contributed by atoms with Crippen LogP contribution in [0.2, 0.25) is 0 Å². The molecule has 1 saturated heterocycles. The summed E-state index contributed by atoms with van der Waals surface area (Å²) < 4.78 is 5.60. The quantitative estimate of drug-likeness (QED) is 0.754. The molecule has 0 radical (unpaired) electrons. The van der Waals surface area contributed by atoms with Crippen LogP contribution in [-0.4, -0.2) is 36.1 Å². The lowest BCUT2D eigenvalue weighted by atomic mass is 10.0. The standard InChI is InChI=1S/C12H22N2O3/c1-6(2)10-12(16)14-9(8(5)17-10)11(15)13-7(3)4/h6-10H,1-5H3,(H,13,15)(H,14,16)/t8?,9-,10+/m0/s1. The summed E-state index contributed by atoms with van der Waals surface area (Å²) in [5, 5.41) is 5.50. The van der Waals surface area contributed by atoms with Gasteiger partial charge in [-0.2, -0.15) is 0 Å². The van der Waals surface area contributed by atoms with E-state index in [4.69, 9.17) is 4.74 Å². The highest BCUT2D eigenvalue weighted by Gasteiger charge is 2.39. The van der Waals surface area contributed by atoms with Crippen LogP contribution in [0.25, 0.3) is 0 Å². The Morgan fingerprint density at radius 2 is 1.94 bits per heavy atom. The molecule has 1 fully saturated rings. The van der Waals surface area contributed by atoms with Crippen molar-refractivity contribution in [3.8, 4) is 0 Å². The topological polar surface area (TPSA) is 67.4 Å². The lowest BCUT2D eigenvalue weighted by molar-refractivity contribution is -0.158. The zero-order valence-electron chi connectivity index (χ0n) is 11.1. The van der Waals surface area contributed by atoms with Crippen LogP contribution >= 0.6 is 0 Å².